The first-order chi connectivity index (χ1) is 12.8. The zero-order valence-electron chi connectivity index (χ0n) is 14.1. The number of carbonyl (C=O) groups is 2. The first-order valence-electron chi connectivity index (χ1n) is 7.76. The van der Waals surface area contributed by atoms with Gasteiger partial charge in [0.15, 0.2) is 5.11 Å². The van der Waals surface area contributed by atoms with E-state index < -0.39 is 10.8 Å². The smallest absolute Gasteiger partial charge is 0.270 e. The van der Waals surface area contributed by atoms with Gasteiger partial charge in [0, 0.05) is 34.4 Å². The maximum atomic E-state index is 12.4. The van der Waals surface area contributed by atoms with Gasteiger partial charge in [-0.2, -0.15) is 0 Å². The second-order valence-corrected chi connectivity index (χ2v) is 6.57. The number of anilines is 2. The summed E-state index contributed by atoms with van der Waals surface area (Å²) in [6.07, 6.45) is 0.319. The fraction of sp³-hybridized carbons (Fsp3) is 0.118. The second kappa shape index (κ2) is 9.19. The van der Waals surface area contributed by atoms with Gasteiger partial charge < -0.3 is 16.0 Å². The van der Waals surface area contributed by atoms with Gasteiger partial charge >= 0.3 is 0 Å². The van der Waals surface area contributed by atoms with Crippen LogP contribution in [-0.2, 0) is 4.79 Å². The number of thiocarbonyl (C=S) groups is 1. The molecule has 0 heterocycles. The monoisotopic (exact) mass is 450 g/mol. The van der Waals surface area contributed by atoms with E-state index in [1.54, 1.807) is 31.2 Å². The molecular weight excluding hydrogens is 436 g/mol. The van der Waals surface area contributed by atoms with Gasteiger partial charge in [-0.05, 0) is 58.5 Å². The maximum absolute atomic E-state index is 12.4. The number of halogens is 1. The van der Waals surface area contributed by atoms with Crippen LogP contribution in [0.2, 0.25) is 0 Å². The van der Waals surface area contributed by atoms with Gasteiger partial charge in [-0.1, -0.05) is 6.92 Å². The Morgan fingerprint density at radius 3 is 2.26 bits per heavy atom. The third kappa shape index (κ3) is 5.83. The third-order valence-electron chi connectivity index (χ3n) is 3.38. The molecule has 0 bridgehead atoms. The SMILES string of the molecule is CCC(=O)NC(=S)Nc1ccc(NC(=O)c2cc([N+](=O)[O-])ccc2Br)cc1. The molecule has 0 aliphatic rings. The van der Waals surface area contributed by atoms with Gasteiger partial charge in [0.1, 0.15) is 0 Å². The van der Waals surface area contributed by atoms with Crippen molar-refractivity contribution in [1.82, 2.24) is 5.32 Å². The molecule has 2 rings (SSSR count). The van der Waals surface area contributed by atoms with E-state index in [9.17, 15) is 19.7 Å². The zero-order chi connectivity index (χ0) is 20.0. The van der Waals surface area contributed by atoms with Crippen molar-refractivity contribution in [1.29, 1.82) is 0 Å². The predicted molar refractivity (Wildman–Crippen MR) is 110 cm³/mol. The van der Waals surface area contributed by atoms with Crippen molar-refractivity contribution < 1.29 is 14.5 Å². The van der Waals surface area contributed by atoms with Crippen LogP contribution in [-0.4, -0.2) is 21.9 Å². The topological polar surface area (TPSA) is 113 Å². The molecule has 0 aliphatic heterocycles. The van der Waals surface area contributed by atoms with Crippen LogP contribution < -0.4 is 16.0 Å². The Morgan fingerprint density at radius 2 is 1.70 bits per heavy atom. The molecule has 0 spiro atoms. The normalized spacial score (nSPS) is 10.0. The number of nitrogens with zero attached hydrogens (tertiary/aromatic N) is 1. The highest BCUT2D eigenvalue weighted by molar-refractivity contribution is 9.10. The Balaban J connectivity index is 2.05. The molecule has 0 aliphatic carbocycles. The number of benzene rings is 2. The van der Waals surface area contributed by atoms with Crippen LogP contribution in [0.4, 0.5) is 17.1 Å². The minimum absolute atomic E-state index is 0.148. The van der Waals surface area contributed by atoms with Crippen molar-refractivity contribution in [3.05, 3.63) is 62.6 Å². The molecule has 2 amide bonds. The number of hydrogen-bond donors (Lipinski definition) is 3. The Bertz CT molecular complexity index is 902. The van der Waals surface area contributed by atoms with Crippen LogP contribution >= 0.6 is 28.1 Å². The Kier molecular flexibility index (Phi) is 6.97. The van der Waals surface area contributed by atoms with E-state index in [-0.39, 0.29) is 22.3 Å². The van der Waals surface area contributed by atoms with Gasteiger partial charge in [-0.25, -0.2) is 0 Å². The highest BCUT2D eigenvalue weighted by atomic mass is 79.9. The molecule has 0 saturated carbocycles. The molecule has 8 nitrogen and oxygen atoms in total. The molecule has 27 heavy (non-hydrogen) atoms. The van der Waals surface area contributed by atoms with Gasteiger partial charge in [-0.15, -0.1) is 0 Å². The summed E-state index contributed by atoms with van der Waals surface area (Å²) in [5, 5.41) is 19.1. The summed E-state index contributed by atoms with van der Waals surface area (Å²) in [6.45, 7) is 1.72. The lowest BCUT2D eigenvalue weighted by Crippen LogP contribution is -2.33. The van der Waals surface area contributed by atoms with Crippen LogP contribution in [0.1, 0.15) is 23.7 Å². The average Bonchev–Trinajstić information content (AvgIpc) is 2.63. The Hall–Kier alpha value is -2.85. The van der Waals surface area contributed by atoms with Crippen LogP contribution in [0.5, 0.6) is 0 Å². The molecule has 2 aromatic rings. The molecule has 0 aromatic heterocycles. The average molecular weight is 451 g/mol. The molecule has 3 N–H and O–H groups in total. The first-order valence-corrected chi connectivity index (χ1v) is 8.96. The number of non-ortho nitro benzene ring substituents is 1. The molecule has 0 radical (unpaired) electrons. The summed E-state index contributed by atoms with van der Waals surface area (Å²) in [5.41, 5.74) is 1.10. The number of nitrogens with one attached hydrogen (secondary N) is 3. The summed E-state index contributed by atoms with van der Waals surface area (Å²) in [6, 6.07) is 10.6. The van der Waals surface area contributed by atoms with Crippen molar-refractivity contribution in [3.8, 4) is 0 Å². The predicted octanol–water partition coefficient (Wildman–Crippen LogP) is 3.83. The van der Waals surface area contributed by atoms with E-state index in [4.69, 9.17) is 12.2 Å². The zero-order valence-corrected chi connectivity index (χ0v) is 16.5. The van der Waals surface area contributed by atoms with Crippen LogP contribution in [0.15, 0.2) is 46.9 Å². The lowest BCUT2D eigenvalue weighted by Gasteiger charge is -2.10. The Labute approximate surface area is 168 Å². The van der Waals surface area contributed by atoms with E-state index in [2.05, 4.69) is 31.9 Å². The van der Waals surface area contributed by atoms with Crippen LogP contribution in [0, 0.1) is 10.1 Å². The fourth-order valence-electron chi connectivity index (χ4n) is 2.01. The number of nitro benzene ring substituents is 1. The summed E-state index contributed by atoms with van der Waals surface area (Å²) in [4.78, 5) is 34.0. The molecule has 0 fully saturated rings. The van der Waals surface area contributed by atoms with Crippen LogP contribution in [0.3, 0.4) is 0 Å². The minimum atomic E-state index is -0.566. The maximum Gasteiger partial charge on any atom is 0.270 e. The van der Waals surface area contributed by atoms with E-state index in [0.29, 0.717) is 22.3 Å². The quantitative estimate of drug-likeness (QED) is 0.362. The van der Waals surface area contributed by atoms with E-state index in [0.717, 1.165) is 0 Å². The summed E-state index contributed by atoms with van der Waals surface area (Å²) in [5.74, 6) is -0.684. The number of nitro groups is 1. The highest BCUT2D eigenvalue weighted by Crippen LogP contribution is 2.24. The lowest BCUT2D eigenvalue weighted by atomic mass is 10.2. The second-order valence-electron chi connectivity index (χ2n) is 5.31. The van der Waals surface area contributed by atoms with Gasteiger partial charge in [0.2, 0.25) is 5.91 Å². The molecule has 2 aromatic carbocycles. The van der Waals surface area contributed by atoms with Gasteiger partial charge in [0.05, 0.1) is 10.5 Å². The third-order valence-corrected chi connectivity index (χ3v) is 4.28. The molecule has 0 saturated heterocycles. The minimum Gasteiger partial charge on any atom is -0.332 e. The van der Waals surface area contributed by atoms with Gasteiger partial charge in [-0.3, -0.25) is 19.7 Å². The highest BCUT2D eigenvalue weighted by Gasteiger charge is 2.15. The van der Waals surface area contributed by atoms with Crippen molar-refractivity contribution >= 4 is 62.1 Å². The largest absolute Gasteiger partial charge is 0.332 e. The number of rotatable bonds is 5. The summed E-state index contributed by atoms with van der Waals surface area (Å²) in [7, 11) is 0. The van der Waals surface area contributed by atoms with Crippen molar-refractivity contribution in [2.45, 2.75) is 13.3 Å². The van der Waals surface area contributed by atoms with Gasteiger partial charge in [0.25, 0.3) is 11.6 Å². The van der Waals surface area contributed by atoms with Crippen molar-refractivity contribution in [2.24, 2.45) is 0 Å². The molecule has 0 unspecified atom stereocenters. The number of amides is 2. The first kappa shape index (κ1) is 20.5. The van der Waals surface area contributed by atoms with E-state index in [1.807, 2.05) is 0 Å². The molecule has 0 atom stereocenters. The molecule has 140 valence electrons. The van der Waals surface area contributed by atoms with Crippen molar-refractivity contribution in [3.63, 3.8) is 0 Å². The number of carbonyl (C=O) groups excluding carboxylic acids is 2. The summed E-state index contributed by atoms with van der Waals surface area (Å²) < 4.78 is 0.445. The Morgan fingerprint density at radius 1 is 1.11 bits per heavy atom. The fourth-order valence-corrected chi connectivity index (χ4v) is 2.67. The van der Waals surface area contributed by atoms with Crippen molar-refractivity contribution in [2.75, 3.05) is 10.6 Å². The van der Waals surface area contributed by atoms with E-state index in [1.165, 1.54) is 18.2 Å². The number of hydrogen-bond acceptors (Lipinski definition) is 5. The van der Waals surface area contributed by atoms with Crippen LogP contribution in [0.25, 0.3) is 0 Å². The molecule has 10 heteroatoms. The lowest BCUT2D eigenvalue weighted by molar-refractivity contribution is -0.384. The standard InChI is InChI=1S/C17H15BrN4O4S/c1-2-15(23)21-17(27)20-11-5-3-10(4-6-11)19-16(24)13-9-12(22(25)26)7-8-14(13)18/h3-9H,2H2,1H3,(H,19,24)(H2,20,21,23,27). The van der Waals surface area contributed by atoms with E-state index >= 15 is 0 Å². The molecular formula is C17H15BrN4O4S. The summed E-state index contributed by atoms with van der Waals surface area (Å²) >= 11 is 8.24.